The van der Waals surface area contributed by atoms with Crippen LogP contribution in [0.15, 0.2) is 170 Å². The molecular formula is C96H98N2O8. The summed E-state index contributed by atoms with van der Waals surface area (Å²) in [6.07, 6.45) is 3.70. The summed E-state index contributed by atoms with van der Waals surface area (Å²) in [5, 5.41) is 30.6. The second-order valence-corrected chi connectivity index (χ2v) is 37.7. The highest BCUT2D eigenvalue weighted by Crippen LogP contribution is 2.62. The molecule has 2 aliphatic carbocycles. The van der Waals surface area contributed by atoms with Gasteiger partial charge in [-0.05, 0) is 188 Å². The van der Waals surface area contributed by atoms with Crippen molar-refractivity contribution >= 4 is 76.5 Å². The highest BCUT2D eigenvalue weighted by molar-refractivity contribution is 6.45. The van der Waals surface area contributed by atoms with E-state index in [0.717, 1.165) is 47.9 Å². The van der Waals surface area contributed by atoms with Crippen LogP contribution >= 0.6 is 0 Å². The molecule has 0 saturated heterocycles. The van der Waals surface area contributed by atoms with Crippen molar-refractivity contribution < 1.29 is 38.7 Å². The smallest absolute Gasteiger partial charge is 0.199 e. The van der Waals surface area contributed by atoms with E-state index in [1.54, 1.807) is 12.1 Å². The summed E-state index contributed by atoms with van der Waals surface area (Å²) in [4.78, 5) is 43.4. The summed E-state index contributed by atoms with van der Waals surface area (Å²) in [6, 6.07) is 55.3. The molecule has 2 aromatic heterocycles. The SMILES string of the molecule is CC(C)(C)CC(C)(C)c1ccc(Oc2cc3c4c(cc(Oc5ccc(C(C)(C)CC(C)(C)C)cc5)c5c6c(Oc7ccc(C(C)(C)CC(C)(C)C)cc7)cc7c8c(cc(Oc9ccc(C(C)(C)CC(C)(C)C)cc9)c(c2c45)c86)C(=O)c2c-7nc4ccccc4c2O)-c2nc4ccccc4c(O)c2C3=O)cc1. The molecule has 2 aliphatic rings. The second-order valence-electron chi connectivity index (χ2n) is 37.7. The number of carbonyl (C=O) groups excluding carboxylic acids is 2. The first-order chi connectivity index (χ1) is 49.6. The zero-order valence-electron chi connectivity index (χ0n) is 65.2. The number of pyridine rings is 2. The van der Waals surface area contributed by atoms with E-state index < -0.39 is 11.6 Å². The number of fused-ring (bicyclic) bond motifs is 8. The quantitative estimate of drug-likeness (QED) is 0.0710. The van der Waals surface area contributed by atoms with Crippen LogP contribution in [0.25, 0.3) is 87.4 Å². The van der Waals surface area contributed by atoms with Crippen molar-refractivity contribution in [3.63, 3.8) is 0 Å². The number of aromatic hydroxyl groups is 2. The van der Waals surface area contributed by atoms with Crippen LogP contribution in [-0.2, 0) is 21.7 Å². The number of hydrogen-bond acceptors (Lipinski definition) is 10. The first kappa shape index (κ1) is 71.3. The third-order valence-corrected chi connectivity index (χ3v) is 21.7. The number of para-hydroxylation sites is 2. The number of ether oxygens (including phenoxy) is 4. The van der Waals surface area contributed by atoms with Crippen LogP contribution in [0.5, 0.6) is 57.5 Å². The Balaban J connectivity index is 1.13. The van der Waals surface area contributed by atoms with Crippen LogP contribution in [0.1, 0.15) is 218 Å². The molecule has 0 amide bonds. The summed E-state index contributed by atoms with van der Waals surface area (Å²) in [7, 11) is 0. The lowest BCUT2D eigenvalue weighted by Gasteiger charge is -2.33. The van der Waals surface area contributed by atoms with Crippen LogP contribution in [-0.4, -0.2) is 31.7 Å². The standard InChI is InChI=1S/C96H98N2O8/c1-89(2,3)49-93(13,14)53-29-37-57(38-30-53)103-69-45-63-73-65(87(101)81-83(63)97-67-27-23-21-25-61(67)85(81)99)47-71(105-59-41-33-55(34-42-59)95(17,18)51-91(7,8)9)77-78-72(106-60-43-35-56(36-44-60)96(19,20)52-92(10,11)12)48-66-74-64(84-82(88(66)102)86(100)62-26-22-24-28-68(62)98-84)46-70(76(80(74)78)75(69)79(73)77)104-58-39-31-54(32-40-58)94(15,16)50-90(4,5)6/h21-48H,49-52H2,1-20H3,(H,97,99)(H,98,100). The number of rotatable bonds is 16. The highest BCUT2D eigenvalue weighted by Gasteiger charge is 2.41. The molecule has 0 saturated carbocycles. The van der Waals surface area contributed by atoms with Gasteiger partial charge in [-0.25, -0.2) is 9.97 Å². The maximum absolute atomic E-state index is 16.3. The maximum Gasteiger partial charge on any atom is 0.199 e. The molecule has 0 bridgehead atoms. The predicted molar refractivity (Wildman–Crippen MR) is 434 cm³/mol. The molecule has 10 nitrogen and oxygen atoms in total. The lowest BCUT2D eigenvalue weighted by molar-refractivity contribution is 0.102. The third kappa shape index (κ3) is 12.7. The molecule has 11 aromatic carbocycles. The van der Waals surface area contributed by atoms with Crippen molar-refractivity contribution in [2.24, 2.45) is 21.7 Å². The van der Waals surface area contributed by atoms with E-state index in [9.17, 15) is 10.2 Å². The zero-order chi connectivity index (χ0) is 75.7. The first-order valence-corrected chi connectivity index (χ1v) is 37.5. The summed E-state index contributed by atoms with van der Waals surface area (Å²) in [6.45, 7) is 45.4. The Labute approximate surface area is 623 Å². The molecular weight excluding hydrogens is 1310 g/mol. The van der Waals surface area contributed by atoms with Crippen LogP contribution < -0.4 is 18.9 Å². The molecule has 13 aromatic rings. The van der Waals surface area contributed by atoms with Crippen LogP contribution in [0.3, 0.4) is 0 Å². The van der Waals surface area contributed by atoms with Crippen molar-refractivity contribution in [2.75, 3.05) is 0 Å². The minimum atomic E-state index is -0.449. The fourth-order valence-corrected chi connectivity index (χ4v) is 18.8. The number of ketones is 2. The Kier molecular flexibility index (Phi) is 16.6. The molecule has 0 fully saturated rings. The normalized spacial score (nSPS) is 13.7. The number of carbonyl (C=O) groups is 2. The molecule has 0 spiro atoms. The van der Waals surface area contributed by atoms with E-state index in [-0.39, 0.29) is 88.5 Å². The highest BCUT2D eigenvalue weighted by atomic mass is 16.5. The molecule has 106 heavy (non-hydrogen) atoms. The minimum absolute atomic E-state index is 0.0402. The fraction of sp³-hybridized carbons (Fsp3) is 0.333. The van der Waals surface area contributed by atoms with E-state index >= 15 is 9.59 Å². The molecule has 2 N–H and O–H groups in total. The zero-order valence-corrected chi connectivity index (χ0v) is 65.2. The van der Waals surface area contributed by atoms with Gasteiger partial charge in [0.2, 0.25) is 0 Å². The Bertz CT molecular complexity index is 5390. The molecule has 10 heteroatoms. The monoisotopic (exact) mass is 1410 g/mol. The van der Waals surface area contributed by atoms with Gasteiger partial charge in [-0.15, -0.1) is 0 Å². The van der Waals surface area contributed by atoms with E-state index in [0.29, 0.717) is 122 Å². The van der Waals surface area contributed by atoms with E-state index in [2.05, 4.69) is 187 Å². The molecule has 0 radical (unpaired) electrons. The minimum Gasteiger partial charge on any atom is -0.506 e. The maximum atomic E-state index is 16.3. The van der Waals surface area contributed by atoms with Crippen LogP contribution in [0.2, 0.25) is 0 Å². The largest absolute Gasteiger partial charge is 0.506 e. The Morgan fingerprint density at radius 3 is 0.774 bits per heavy atom. The lowest BCUT2D eigenvalue weighted by atomic mass is 9.72. The number of aromatic nitrogens is 2. The molecule has 0 unspecified atom stereocenters. The van der Waals surface area contributed by atoms with Gasteiger partial charge in [0.1, 0.15) is 57.5 Å². The van der Waals surface area contributed by atoms with Gasteiger partial charge in [-0.2, -0.15) is 0 Å². The molecule has 0 atom stereocenters. The van der Waals surface area contributed by atoms with Gasteiger partial charge in [0.25, 0.3) is 0 Å². The predicted octanol–water partition coefficient (Wildman–Crippen LogP) is 26.7. The van der Waals surface area contributed by atoms with E-state index in [1.807, 2.05) is 109 Å². The van der Waals surface area contributed by atoms with Gasteiger partial charge in [-0.1, -0.05) is 211 Å². The van der Waals surface area contributed by atoms with Gasteiger partial charge in [0, 0.05) is 76.1 Å². The van der Waals surface area contributed by atoms with Gasteiger partial charge in [-0.3, -0.25) is 9.59 Å². The molecule has 540 valence electrons. The summed E-state index contributed by atoms with van der Waals surface area (Å²) in [5.41, 5.74) is 7.21. The van der Waals surface area contributed by atoms with Crippen molar-refractivity contribution in [3.8, 4) is 80.0 Å². The second kappa shape index (κ2) is 24.6. The lowest BCUT2D eigenvalue weighted by Crippen LogP contribution is -2.24. The van der Waals surface area contributed by atoms with Crippen LogP contribution in [0, 0.1) is 21.7 Å². The fourth-order valence-electron chi connectivity index (χ4n) is 18.8. The van der Waals surface area contributed by atoms with Gasteiger partial charge >= 0.3 is 0 Å². The van der Waals surface area contributed by atoms with E-state index in [1.165, 1.54) is 0 Å². The van der Waals surface area contributed by atoms with Crippen molar-refractivity contribution in [1.29, 1.82) is 0 Å². The summed E-state index contributed by atoms with van der Waals surface area (Å²) in [5.74, 6) is 2.09. The molecule has 2 heterocycles. The first-order valence-electron chi connectivity index (χ1n) is 37.5. The summed E-state index contributed by atoms with van der Waals surface area (Å²) >= 11 is 0. The van der Waals surface area contributed by atoms with Gasteiger partial charge in [0.15, 0.2) is 11.6 Å². The molecule has 15 rings (SSSR count). The number of hydrogen-bond donors (Lipinski definition) is 2. The average molecular weight is 1410 g/mol. The molecule has 0 aliphatic heterocycles. The van der Waals surface area contributed by atoms with Crippen molar-refractivity contribution in [2.45, 2.75) is 186 Å². The Morgan fingerprint density at radius 1 is 0.292 bits per heavy atom. The Morgan fingerprint density at radius 2 is 0.528 bits per heavy atom. The van der Waals surface area contributed by atoms with Crippen LogP contribution in [0.4, 0.5) is 0 Å². The topological polar surface area (TPSA) is 137 Å². The third-order valence-electron chi connectivity index (χ3n) is 21.7. The Hall–Kier alpha value is -10.3. The van der Waals surface area contributed by atoms with Gasteiger partial charge < -0.3 is 29.2 Å². The summed E-state index contributed by atoms with van der Waals surface area (Å²) < 4.78 is 30.4. The number of nitrogens with zero attached hydrogens (tertiary/aromatic N) is 2. The van der Waals surface area contributed by atoms with Crippen molar-refractivity contribution in [1.82, 2.24) is 9.97 Å². The van der Waals surface area contributed by atoms with Gasteiger partial charge in [0.05, 0.1) is 33.5 Å². The number of benzene rings is 11. The average Bonchev–Trinajstić information content (AvgIpc) is 0.666. The van der Waals surface area contributed by atoms with Crippen molar-refractivity contribution in [3.05, 3.63) is 214 Å². The van der Waals surface area contributed by atoms with E-state index in [4.69, 9.17) is 28.9 Å².